The van der Waals surface area contributed by atoms with Gasteiger partial charge in [-0.2, -0.15) is 0 Å². The zero-order valence-corrected chi connectivity index (χ0v) is 12.9. The Balaban J connectivity index is 2.07. The van der Waals surface area contributed by atoms with Crippen molar-refractivity contribution in [3.8, 4) is 22.6 Å². The molecule has 23 heavy (non-hydrogen) atoms. The second kappa shape index (κ2) is 6.00. The number of carbonyl (C=O) groups excluding carboxylic acids is 1. The first-order valence-electron chi connectivity index (χ1n) is 7.09. The van der Waals surface area contributed by atoms with Crippen molar-refractivity contribution in [2.45, 2.75) is 6.42 Å². The summed E-state index contributed by atoms with van der Waals surface area (Å²) in [6.07, 6.45) is 3.71. The van der Waals surface area contributed by atoms with Gasteiger partial charge in [-0.3, -0.25) is 4.79 Å². The lowest BCUT2D eigenvalue weighted by Gasteiger charge is -2.09. The number of aromatic nitrogens is 2. The van der Waals surface area contributed by atoms with Gasteiger partial charge in [0.05, 0.1) is 20.6 Å². The molecule has 2 heterocycles. The summed E-state index contributed by atoms with van der Waals surface area (Å²) in [5.41, 5.74) is 8.72. The van der Waals surface area contributed by atoms with E-state index in [0.29, 0.717) is 11.5 Å². The number of nitrogens with one attached hydrogen (secondary N) is 1. The van der Waals surface area contributed by atoms with Gasteiger partial charge in [-0.05, 0) is 29.3 Å². The minimum Gasteiger partial charge on any atom is -0.493 e. The predicted octanol–water partition coefficient (Wildman–Crippen LogP) is 2.27. The first kappa shape index (κ1) is 14.9. The maximum atomic E-state index is 11.2. The van der Waals surface area contributed by atoms with Crippen LogP contribution in [0.3, 0.4) is 0 Å². The molecule has 3 N–H and O–H groups in total. The van der Waals surface area contributed by atoms with Gasteiger partial charge in [0, 0.05) is 23.3 Å². The van der Waals surface area contributed by atoms with Crippen LogP contribution in [0.5, 0.6) is 11.5 Å². The molecule has 118 valence electrons. The maximum absolute atomic E-state index is 11.2. The quantitative estimate of drug-likeness (QED) is 0.756. The second-order valence-electron chi connectivity index (χ2n) is 5.15. The average molecular weight is 311 g/mol. The van der Waals surface area contributed by atoms with Gasteiger partial charge in [-0.1, -0.05) is 6.07 Å². The van der Waals surface area contributed by atoms with Gasteiger partial charge < -0.3 is 20.2 Å². The topological polar surface area (TPSA) is 90.2 Å². The number of rotatable bonds is 5. The van der Waals surface area contributed by atoms with E-state index in [4.69, 9.17) is 15.2 Å². The van der Waals surface area contributed by atoms with Crippen LogP contribution in [0.1, 0.15) is 5.56 Å². The molecule has 6 heteroatoms. The number of hydrogen-bond donors (Lipinski definition) is 2. The number of nitrogens with zero attached hydrogens (tertiary/aromatic N) is 1. The number of primary amides is 1. The fraction of sp³-hybridized carbons (Fsp3) is 0.176. The number of H-pyrrole nitrogens is 1. The van der Waals surface area contributed by atoms with Crippen LogP contribution in [-0.4, -0.2) is 30.1 Å². The van der Waals surface area contributed by atoms with Crippen molar-refractivity contribution < 1.29 is 14.3 Å². The average Bonchev–Trinajstić information content (AvgIpc) is 2.95. The lowest BCUT2D eigenvalue weighted by atomic mass is 10.0. The van der Waals surface area contributed by atoms with Crippen LogP contribution >= 0.6 is 0 Å². The van der Waals surface area contributed by atoms with Gasteiger partial charge in [0.2, 0.25) is 5.91 Å². The molecule has 1 amide bonds. The van der Waals surface area contributed by atoms with Crippen molar-refractivity contribution in [3.05, 3.63) is 42.2 Å². The Hall–Kier alpha value is -3.02. The Morgan fingerprint density at radius 1 is 1.17 bits per heavy atom. The molecule has 0 saturated heterocycles. The lowest BCUT2D eigenvalue weighted by molar-refractivity contribution is -0.117. The van der Waals surface area contributed by atoms with Gasteiger partial charge >= 0.3 is 0 Å². The third-order valence-corrected chi connectivity index (χ3v) is 3.70. The molecule has 0 unspecified atom stereocenters. The molecule has 3 aromatic rings. The van der Waals surface area contributed by atoms with Crippen molar-refractivity contribution in [2.75, 3.05) is 14.2 Å². The summed E-state index contributed by atoms with van der Waals surface area (Å²) in [5, 5.41) is 0.885. The number of pyridine rings is 1. The molecule has 0 atom stereocenters. The number of hydrogen-bond acceptors (Lipinski definition) is 4. The summed E-state index contributed by atoms with van der Waals surface area (Å²) in [7, 11) is 3.20. The van der Waals surface area contributed by atoms with Crippen molar-refractivity contribution in [2.24, 2.45) is 5.73 Å². The number of amides is 1. The minimum atomic E-state index is -0.373. The Morgan fingerprint density at radius 3 is 2.65 bits per heavy atom. The van der Waals surface area contributed by atoms with Gasteiger partial charge in [0.1, 0.15) is 5.65 Å². The lowest BCUT2D eigenvalue weighted by Crippen LogP contribution is -2.13. The SMILES string of the molecule is COc1ccc(-c2cnc3[nH]cc(CC(N)=O)c3c2)cc1OC. The first-order chi connectivity index (χ1) is 11.1. The molecule has 1 aromatic carbocycles. The largest absolute Gasteiger partial charge is 0.493 e. The number of aromatic amines is 1. The monoisotopic (exact) mass is 311 g/mol. The van der Waals surface area contributed by atoms with E-state index in [-0.39, 0.29) is 12.3 Å². The number of carbonyl (C=O) groups is 1. The van der Waals surface area contributed by atoms with Crippen LogP contribution in [-0.2, 0) is 11.2 Å². The van der Waals surface area contributed by atoms with Crippen molar-refractivity contribution in [1.29, 1.82) is 0 Å². The molecular formula is C17H17N3O3. The van der Waals surface area contributed by atoms with E-state index in [1.165, 1.54) is 0 Å². The molecule has 0 saturated carbocycles. The predicted molar refractivity (Wildman–Crippen MR) is 87.5 cm³/mol. The fourth-order valence-corrected chi connectivity index (χ4v) is 2.57. The van der Waals surface area contributed by atoms with E-state index in [1.807, 2.05) is 24.3 Å². The van der Waals surface area contributed by atoms with Crippen LogP contribution in [0.4, 0.5) is 0 Å². The minimum absolute atomic E-state index is 0.178. The van der Waals surface area contributed by atoms with Crippen LogP contribution in [0.15, 0.2) is 36.7 Å². The van der Waals surface area contributed by atoms with Gasteiger partial charge in [0.25, 0.3) is 0 Å². The number of benzene rings is 1. The van der Waals surface area contributed by atoms with Crippen molar-refractivity contribution >= 4 is 16.9 Å². The van der Waals surface area contributed by atoms with E-state index in [0.717, 1.165) is 27.7 Å². The summed E-state index contributed by atoms with van der Waals surface area (Å²) >= 11 is 0. The number of fused-ring (bicyclic) bond motifs is 1. The normalized spacial score (nSPS) is 10.7. The second-order valence-corrected chi connectivity index (χ2v) is 5.15. The zero-order valence-electron chi connectivity index (χ0n) is 12.9. The Labute approximate surface area is 133 Å². The smallest absolute Gasteiger partial charge is 0.221 e. The van der Waals surface area contributed by atoms with Crippen LogP contribution in [0.25, 0.3) is 22.2 Å². The van der Waals surface area contributed by atoms with E-state index >= 15 is 0 Å². The Bertz CT molecular complexity index is 871. The molecule has 0 aliphatic rings. The Morgan fingerprint density at radius 2 is 1.96 bits per heavy atom. The molecule has 6 nitrogen and oxygen atoms in total. The number of methoxy groups -OCH3 is 2. The highest BCUT2D eigenvalue weighted by atomic mass is 16.5. The maximum Gasteiger partial charge on any atom is 0.221 e. The molecule has 0 aliphatic heterocycles. The summed E-state index contributed by atoms with van der Waals surface area (Å²) < 4.78 is 10.6. The number of ether oxygens (including phenoxy) is 2. The molecule has 0 fully saturated rings. The molecule has 3 rings (SSSR count). The first-order valence-corrected chi connectivity index (χ1v) is 7.09. The molecule has 0 bridgehead atoms. The van der Waals surface area contributed by atoms with E-state index < -0.39 is 0 Å². The Kier molecular flexibility index (Phi) is 3.89. The van der Waals surface area contributed by atoms with Gasteiger partial charge in [0.15, 0.2) is 11.5 Å². The highest BCUT2D eigenvalue weighted by Gasteiger charge is 2.11. The highest BCUT2D eigenvalue weighted by molar-refractivity contribution is 5.89. The number of nitrogens with two attached hydrogens (primary N) is 1. The summed E-state index contributed by atoms with van der Waals surface area (Å²) in [6, 6.07) is 7.66. The van der Waals surface area contributed by atoms with Crippen molar-refractivity contribution in [3.63, 3.8) is 0 Å². The molecule has 2 aromatic heterocycles. The molecule has 0 spiro atoms. The standard InChI is InChI=1S/C17H17N3O3/c1-22-14-4-3-10(6-15(14)23-2)11-5-13-12(7-16(18)21)9-20-17(13)19-8-11/h3-6,8-9H,7H2,1-2H3,(H2,18,21)(H,19,20). The molecular weight excluding hydrogens is 294 g/mol. The van der Waals surface area contributed by atoms with Gasteiger partial charge in [-0.25, -0.2) is 4.98 Å². The van der Waals surface area contributed by atoms with Crippen LogP contribution < -0.4 is 15.2 Å². The van der Waals surface area contributed by atoms with E-state index in [1.54, 1.807) is 26.6 Å². The van der Waals surface area contributed by atoms with Crippen molar-refractivity contribution in [1.82, 2.24) is 9.97 Å². The third kappa shape index (κ3) is 2.83. The third-order valence-electron chi connectivity index (χ3n) is 3.70. The summed E-state index contributed by atoms with van der Waals surface area (Å²) in [4.78, 5) is 18.6. The zero-order chi connectivity index (χ0) is 16.4. The van der Waals surface area contributed by atoms with E-state index in [2.05, 4.69) is 9.97 Å². The molecule has 0 radical (unpaired) electrons. The van der Waals surface area contributed by atoms with Gasteiger partial charge in [-0.15, -0.1) is 0 Å². The summed E-state index contributed by atoms with van der Waals surface area (Å²) in [6.45, 7) is 0. The van der Waals surface area contributed by atoms with E-state index in [9.17, 15) is 4.79 Å². The summed E-state index contributed by atoms with van der Waals surface area (Å²) in [5.74, 6) is 0.945. The fourth-order valence-electron chi connectivity index (χ4n) is 2.57. The van der Waals surface area contributed by atoms with Crippen LogP contribution in [0, 0.1) is 0 Å². The highest BCUT2D eigenvalue weighted by Crippen LogP contribution is 2.33. The van der Waals surface area contributed by atoms with Crippen LogP contribution in [0.2, 0.25) is 0 Å². The molecule has 0 aliphatic carbocycles.